The minimum atomic E-state index is -0.444. The lowest BCUT2D eigenvalue weighted by atomic mass is 9.49. The Morgan fingerprint density at radius 2 is 1.59 bits per heavy atom. The quantitative estimate of drug-likeness (QED) is 0.390. The normalized spacial score (nSPS) is 27.6. The van der Waals surface area contributed by atoms with E-state index in [1.807, 2.05) is 0 Å². The second kappa shape index (κ2) is 9.87. The minimum absolute atomic E-state index is 0.00362. The Morgan fingerprint density at radius 1 is 0.969 bits per heavy atom. The Labute approximate surface area is 197 Å². The molecule has 174 valence electrons. The Hall–Kier alpha value is -1.99. The maximum atomic E-state index is 12.9. The summed E-state index contributed by atoms with van der Waals surface area (Å²) in [5.41, 5.74) is 4.44. The summed E-state index contributed by atoms with van der Waals surface area (Å²) >= 11 is 11.9. The van der Waals surface area contributed by atoms with E-state index in [9.17, 15) is 14.4 Å². The van der Waals surface area contributed by atoms with Crippen molar-refractivity contribution in [3.05, 3.63) is 28.2 Å². The molecule has 0 saturated heterocycles. The number of carbonyl (C=O) groups is 3. The van der Waals surface area contributed by atoms with Crippen molar-refractivity contribution in [2.24, 2.45) is 23.2 Å². The molecule has 3 N–H and O–H groups in total. The second-order valence-corrected chi connectivity index (χ2v) is 10.3. The molecule has 4 aliphatic rings. The largest absolute Gasteiger partial charge is 0.492 e. The summed E-state index contributed by atoms with van der Waals surface area (Å²) in [5, 5.41) is 3.73. The van der Waals surface area contributed by atoms with Gasteiger partial charge >= 0.3 is 0 Å². The van der Waals surface area contributed by atoms with E-state index in [1.165, 1.54) is 19.3 Å². The van der Waals surface area contributed by atoms with E-state index in [4.69, 9.17) is 27.9 Å². The van der Waals surface area contributed by atoms with Crippen molar-refractivity contribution in [3.63, 3.8) is 0 Å². The van der Waals surface area contributed by atoms with Crippen LogP contribution in [0, 0.1) is 23.2 Å². The molecule has 4 saturated carbocycles. The molecule has 1 aromatic rings. The Kier molecular flexibility index (Phi) is 7.15. The number of rotatable bonds is 8. The van der Waals surface area contributed by atoms with Gasteiger partial charge in [-0.1, -0.05) is 23.2 Å². The molecule has 0 aliphatic heterocycles. The van der Waals surface area contributed by atoms with Gasteiger partial charge in [0.2, 0.25) is 11.8 Å². The minimum Gasteiger partial charge on any atom is -0.492 e. The van der Waals surface area contributed by atoms with Gasteiger partial charge in [-0.15, -0.1) is 0 Å². The SMILES string of the molecule is O=C(CCCOc1ccc(Cl)cc1Cl)NNC(=O)CNC(=O)C12CC3CC(CC(C3)C1)C2. The molecule has 3 amide bonds. The molecular weight excluding hydrogens is 453 g/mol. The van der Waals surface area contributed by atoms with Crippen LogP contribution < -0.4 is 20.9 Å². The van der Waals surface area contributed by atoms with E-state index in [2.05, 4.69) is 16.2 Å². The van der Waals surface area contributed by atoms with Gasteiger partial charge in [0.1, 0.15) is 5.75 Å². The Balaban J connectivity index is 1.11. The highest BCUT2D eigenvalue weighted by Gasteiger charge is 2.54. The van der Waals surface area contributed by atoms with Crippen molar-refractivity contribution >= 4 is 40.9 Å². The van der Waals surface area contributed by atoms with Crippen molar-refractivity contribution in [2.45, 2.75) is 51.4 Å². The van der Waals surface area contributed by atoms with Crippen molar-refractivity contribution in [1.29, 1.82) is 0 Å². The van der Waals surface area contributed by atoms with E-state index in [0.29, 0.717) is 46.6 Å². The van der Waals surface area contributed by atoms with E-state index in [-0.39, 0.29) is 30.2 Å². The molecule has 9 heteroatoms. The third-order valence-corrected chi connectivity index (χ3v) is 7.50. The highest BCUT2D eigenvalue weighted by atomic mass is 35.5. The zero-order valence-electron chi connectivity index (χ0n) is 17.9. The van der Waals surface area contributed by atoms with Crippen molar-refractivity contribution in [2.75, 3.05) is 13.2 Å². The topological polar surface area (TPSA) is 96.5 Å². The van der Waals surface area contributed by atoms with Crippen LogP contribution in [0.5, 0.6) is 5.75 Å². The van der Waals surface area contributed by atoms with Gasteiger partial charge in [-0.05, 0) is 80.9 Å². The fourth-order valence-corrected chi connectivity index (χ4v) is 6.45. The summed E-state index contributed by atoms with van der Waals surface area (Å²) in [6.45, 7) is 0.156. The first-order valence-electron chi connectivity index (χ1n) is 11.3. The molecule has 4 fully saturated rings. The summed E-state index contributed by atoms with van der Waals surface area (Å²) in [4.78, 5) is 36.9. The van der Waals surface area contributed by atoms with E-state index in [0.717, 1.165) is 19.3 Å². The summed E-state index contributed by atoms with van der Waals surface area (Å²) in [6.07, 6.45) is 7.25. The third kappa shape index (κ3) is 5.49. The Morgan fingerprint density at radius 3 is 2.22 bits per heavy atom. The van der Waals surface area contributed by atoms with Gasteiger partial charge in [0.05, 0.1) is 18.2 Å². The van der Waals surface area contributed by atoms with Crippen LogP contribution in [0.25, 0.3) is 0 Å². The molecule has 0 atom stereocenters. The van der Waals surface area contributed by atoms with Crippen LogP contribution in [0.3, 0.4) is 0 Å². The number of ether oxygens (including phenoxy) is 1. The third-order valence-electron chi connectivity index (χ3n) is 6.97. The van der Waals surface area contributed by atoms with Crippen LogP contribution in [-0.2, 0) is 14.4 Å². The number of nitrogens with one attached hydrogen (secondary N) is 3. The standard InChI is InChI=1S/C23H29Cl2N3O4/c24-17-3-4-19(18(25)9-17)32-5-1-2-20(29)27-28-21(30)13-26-22(31)23-10-14-6-15(11-23)8-16(7-14)12-23/h3-4,9,14-16H,1-2,5-8,10-13H2,(H,26,31)(H,27,29)(H,28,30). The summed E-state index contributed by atoms with van der Waals surface area (Å²) < 4.78 is 5.53. The number of benzene rings is 1. The van der Waals surface area contributed by atoms with Crippen molar-refractivity contribution in [1.82, 2.24) is 16.2 Å². The first-order valence-corrected chi connectivity index (χ1v) is 12.0. The molecule has 0 heterocycles. The van der Waals surface area contributed by atoms with Crippen LogP contribution in [0.2, 0.25) is 10.0 Å². The van der Waals surface area contributed by atoms with Gasteiger partial charge in [0, 0.05) is 16.9 Å². The average Bonchev–Trinajstić information content (AvgIpc) is 2.73. The maximum Gasteiger partial charge on any atom is 0.257 e. The molecule has 4 bridgehead atoms. The summed E-state index contributed by atoms with van der Waals surface area (Å²) in [5.74, 6) is 1.72. The van der Waals surface area contributed by atoms with Gasteiger partial charge in [-0.2, -0.15) is 0 Å². The number of carbonyl (C=O) groups excluding carboxylic acids is 3. The van der Waals surface area contributed by atoms with Crippen LogP contribution in [0.15, 0.2) is 18.2 Å². The number of hydrazine groups is 1. The molecule has 0 unspecified atom stereocenters. The van der Waals surface area contributed by atoms with Crippen molar-refractivity contribution in [3.8, 4) is 5.75 Å². The molecule has 32 heavy (non-hydrogen) atoms. The molecule has 0 radical (unpaired) electrons. The predicted molar refractivity (Wildman–Crippen MR) is 121 cm³/mol. The lowest BCUT2D eigenvalue weighted by Gasteiger charge is -2.55. The monoisotopic (exact) mass is 481 g/mol. The van der Waals surface area contributed by atoms with Gasteiger partial charge in [0.25, 0.3) is 5.91 Å². The van der Waals surface area contributed by atoms with Crippen LogP contribution >= 0.6 is 23.2 Å². The van der Waals surface area contributed by atoms with Crippen LogP contribution in [0.1, 0.15) is 51.4 Å². The first kappa shape index (κ1) is 23.2. The fraction of sp³-hybridized carbons (Fsp3) is 0.609. The maximum absolute atomic E-state index is 12.9. The molecule has 0 aromatic heterocycles. The number of hydrogen-bond donors (Lipinski definition) is 3. The van der Waals surface area contributed by atoms with E-state index < -0.39 is 5.91 Å². The first-order chi connectivity index (χ1) is 15.3. The molecular formula is C23H29Cl2N3O4. The average molecular weight is 482 g/mol. The summed E-state index contributed by atoms with van der Waals surface area (Å²) in [6, 6.07) is 4.93. The van der Waals surface area contributed by atoms with Crippen LogP contribution in [-0.4, -0.2) is 30.9 Å². The van der Waals surface area contributed by atoms with Gasteiger partial charge in [0.15, 0.2) is 0 Å². The van der Waals surface area contributed by atoms with Gasteiger partial charge in [-0.25, -0.2) is 0 Å². The molecule has 1 aromatic carbocycles. The van der Waals surface area contributed by atoms with Crippen molar-refractivity contribution < 1.29 is 19.1 Å². The lowest BCUT2D eigenvalue weighted by molar-refractivity contribution is -0.147. The molecule has 7 nitrogen and oxygen atoms in total. The zero-order valence-corrected chi connectivity index (χ0v) is 19.4. The van der Waals surface area contributed by atoms with Gasteiger partial charge < -0.3 is 10.1 Å². The van der Waals surface area contributed by atoms with E-state index in [1.54, 1.807) is 18.2 Å². The lowest BCUT2D eigenvalue weighted by Crippen LogP contribution is -2.55. The summed E-state index contributed by atoms with van der Waals surface area (Å²) in [7, 11) is 0. The highest BCUT2D eigenvalue weighted by molar-refractivity contribution is 6.35. The number of amides is 3. The van der Waals surface area contributed by atoms with E-state index >= 15 is 0 Å². The second-order valence-electron chi connectivity index (χ2n) is 9.50. The smallest absolute Gasteiger partial charge is 0.257 e. The molecule has 5 rings (SSSR count). The zero-order chi connectivity index (χ0) is 22.7. The molecule has 4 aliphatic carbocycles. The highest BCUT2D eigenvalue weighted by Crippen LogP contribution is 2.60. The molecule has 0 spiro atoms. The fourth-order valence-electron chi connectivity index (χ4n) is 5.99. The van der Waals surface area contributed by atoms with Gasteiger partial charge in [-0.3, -0.25) is 25.2 Å². The Bertz CT molecular complexity index is 857. The number of hydrogen-bond acceptors (Lipinski definition) is 4. The number of halogens is 2. The predicted octanol–water partition coefficient (Wildman–Crippen LogP) is 3.63. The van der Waals surface area contributed by atoms with Crippen LogP contribution in [0.4, 0.5) is 0 Å².